The van der Waals surface area contributed by atoms with Crippen LogP contribution in [-0.4, -0.2) is 53.0 Å². The minimum Gasteiger partial charge on any atom is -0.370 e. The Kier molecular flexibility index (Phi) is 5.03. The van der Waals surface area contributed by atoms with E-state index in [1.165, 1.54) is 13.8 Å². The standard InChI is InChI=1S/C18H26N4O3/c1-12-16(13(2)23)11-20-17(21-12)22-8-6-18(7-9-22)5-4-15(25-18)10-19-14(3)24/h11,15H,4-10H2,1-3H3,(H,19,24)/t15-/m1/s1. The number of piperidine rings is 1. The first kappa shape index (κ1) is 17.8. The molecule has 0 bridgehead atoms. The highest BCUT2D eigenvalue weighted by Gasteiger charge is 2.42. The highest BCUT2D eigenvalue weighted by atomic mass is 16.5. The van der Waals surface area contributed by atoms with Crippen molar-refractivity contribution in [2.24, 2.45) is 0 Å². The fourth-order valence-electron chi connectivity index (χ4n) is 3.73. The summed E-state index contributed by atoms with van der Waals surface area (Å²) in [5, 5.41) is 2.84. The van der Waals surface area contributed by atoms with E-state index >= 15 is 0 Å². The molecule has 2 saturated heterocycles. The molecule has 1 aromatic rings. The molecule has 1 amide bonds. The smallest absolute Gasteiger partial charge is 0.225 e. The van der Waals surface area contributed by atoms with Crippen molar-refractivity contribution in [1.29, 1.82) is 0 Å². The summed E-state index contributed by atoms with van der Waals surface area (Å²) in [6.07, 6.45) is 5.63. The molecule has 7 nitrogen and oxygen atoms in total. The van der Waals surface area contributed by atoms with Gasteiger partial charge in [-0.3, -0.25) is 9.59 Å². The van der Waals surface area contributed by atoms with Gasteiger partial charge in [0, 0.05) is 32.8 Å². The number of ether oxygens (including phenoxy) is 1. The second-order valence-corrected chi connectivity index (χ2v) is 7.11. The number of Topliss-reactive ketones (excluding diaryl/α,β-unsaturated/α-hetero) is 1. The zero-order valence-electron chi connectivity index (χ0n) is 15.2. The van der Waals surface area contributed by atoms with Gasteiger partial charge >= 0.3 is 0 Å². The molecule has 25 heavy (non-hydrogen) atoms. The number of carbonyl (C=O) groups is 2. The van der Waals surface area contributed by atoms with Gasteiger partial charge in [-0.2, -0.15) is 0 Å². The van der Waals surface area contributed by atoms with Crippen LogP contribution in [0.25, 0.3) is 0 Å². The first-order valence-corrected chi connectivity index (χ1v) is 8.90. The van der Waals surface area contributed by atoms with E-state index in [1.54, 1.807) is 6.20 Å². The first-order chi connectivity index (χ1) is 11.9. The highest BCUT2D eigenvalue weighted by Crippen LogP contribution is 2.39. The molecule has 1 atom stereocenters. The van der Waals surface area contributed by atoms with Crippen molar-refractivity contribution in [3.8, 4) is 0 Å². The molecule has 0 saturated carbocycles. The quantitative estimate of drug-likeness (QED) is 0.835. The zero-order chi connectivity index (χ0) is 18.0. The van der Waals surface area contributed by atoms with Crippen LogP contribution in [-0.2, 0) is 9.53 Å². The molecule has 2 aliphatic rings. The molecule has 2 aliphatic heterocycles. The lowest BCUT2D eigenvalue weighted by Gasteiger charge is -2.39. The predicted molar refractivity (Wildman–Crippen MR) is 93.7 cm³/mol. The average Bonchev–Trinajstić information content (AvgIpc) is 2.96. The Morgan fingerprint density at radius 3 is 2.64 bits per heavy atom. The summed E-state index contributed by atoms with van der Waals surface area (Å²) in [7, 11) is 0. The second kappa shape index (κ2) is 7.07. The summed E-state index contributed by atoms with van der Waals surface area (Å²) in [6, 6.07) is 0. The molecule has 136 valence electrons. The summed E-state index contributed by atoms with van der Waals surface area (Å²) in [5.41, 5.74) is 1.23. The van der Waals surface area contributed by atoms with Crippen LogP contribution in [0.5, 0.6) is 0 Å². The van der Waals surface area contributed by atoms with Gasteiger partial charge in [-0.25, -0.2) is 9.97 Å². The van der Waals surface area contributed by atoms with E-state index in [1.807, 2.05) is 6.92 Å². The van der Waals surface area contributed by atoms with Crippen molar-refractivity contribution in [3.63, 3.8) is 0 Å². The number of nitrogens with zero attached hydrogens (tertiary/aromatic N) is 3. The maximum absolute atomic E-state index is 11.5. The number of nitrogens with one attached hydrogen (secondary N) is 1. The van der Waals surface area contributed by atoms with E-state index < -0.39 is 0 Å². The number of hydrogen-bond donors (Lipinski definition) is 1. The van der Waals surface area contributed by atoms with Crippen molar-refractivity contribution in [1.82, 2.24) is 15.3 Å². The second-order valence-electron chi connectivity index (χ2n) is 7.11. The van der Waals surface area contributed by atoms with Crippen molar-refractivity contribution in [2.45, 2.75) is 58.2 Å². The van der Waals surface area contributed by atoms with Crippen molar-refractivity contribution in [2.75, 3.05) is 24.5 Å². The Morgan fingerprint density at radius 1 is 1.32 bits per heavy atom. The van der Waals surface area contributed by atoms with Crippen LogP contribution >= 0.6 is 0 Å². The SMILES string of the molecule is CC(=O)NC[C@H]1CCC2(CCN(c3ncc(C(C)=O)c(C)n3)CC2)O1. The molecule has 1 N–H and O–H groups in total. The van der Waals surface area contributed by atoms with E-state index in [2.05, 4.69) is 20.2 Å². The van der Waals surface area contributed by atoms with Crippen LogP contribution in [0.4, 0.5) is 5.95 Å². The Bertz CT molecular complexity index is 668. The molecule has 1 aromatic heterocycles. The molecule has 0 radical (unpaired) electrons. The number of amides is 1. The summed E-state index contributed by atoms with van der Waals surface area (Å²) in [4.78, 5) is 33.6. The summed E-state index contributed by atoms with van der Waals surface area (Å²) < 4.78 is 6.27. The Labute approximate surface area is 148 Å². The maximum Gasteiger partial charge on any atom is 0.225 e. The molecular formula is C18H26N4O3. The topological polar surface area (TPSA) is 84.4 Å². The molecule has 3 rings (SSSR count). The monoisotopic (exact) mass is 346 g/mol. The average molecular weight is 346 g/mol. The number of aromatic nitrogens is 2. The molecule has 2 fully saturated rings. The van der Waals surface area contributed by atoms with Gasteiger partial charge in [0.05, 0.1) is 23.0 Å². The van der Waals surface area contributed by atoms with E-state index in [4.69, 9.17) is 4.74 Å². The van der Waals surface area contributed by atoms with Crippen LogP contribution in [0.1, 0.15) is 55.6 Å². The van der Waals surface area contributed by atoms with Gasteiger partial charge in [-0.1, -0.05) is 0 Å². The highest BCUT2D eigenvalue weighted by molar-refractivity contribution is 5.94. The van der Waals surface area contributed by atoms with E-state index in [0.717, 1.165) is 44.5 Å². The van der Waals surface area contributed by atoms with Crippen molar-refractivity contribution >= 4 is 17.6 Å². The van der Waals surface area contributed by atoms with E-state index in [-0.39, 0.29) is 23.4 Å². The number of aryl methyl sites for hydroxylation is 1. The number of hydrogen-bond acceptors (Lipinski definition) is 6. The van der Waals surface area contributed by atoms with Gasteiger partial charge in [0.1, 0.15) is 0 Å². The third-order valence-corrected chi connectivity index (χ3v) is 5.22. The molecule has 7 heteroatoms. The third kappa shape index (κ3) is 3.98. The molecule has 1 spiro atoms. The summed E-state index contributed by atoms with van der Waals surface area (Å²) in [6.45, 7) is 7.18. The molecule has 0 unspecified atom stereocenters. The lowest BCUT2D eigenvalue weighted by molar-refractivity contribution is -0.120. The Balaban J connectivity index is 1.58. The molecule has 0 aromatic carbocycles. The van der Waals surface area contributed by atoms with Crippen LogP contribution in [0.15, 0.2) is 6.20 Å². The zero-order valence-corrected chi connectivity index (χ0v) is 15.2. The van der Waals surface area contributed by atoms with E-state index in [0.29, 0.717) is 18.1 Å². The lowest BCUT2D eigenvalue weighted by atomic mass is 9.88. The summed E-state index contributed by atoms with van der Waals surface area (Å²) >= 11 is 0. The van der Waals surface area contributed by atoms with Gasteiger partial charge in [0.25, 0.3) is 0 Å². The minimum atomic E-state index is -0.0754. The largest absolute Gasteiger partial charge is 0.370 e. The number of rotatable bonds is 4. The minimum absolute atomic E-state index is 0.00813. The number of anilines is 1. The Hall–Kier alpha value is -2.02. The van der Waals surface area contributed by atoms with Gasteiger partial charge in [0.15, 0.2) is 5.78 Å². The van der Waals surface area contributed by atoms with Gasteiger partial charge < -0.3 is 15.0 Å². The van der Waals surface area contributed by atoms with Gasteiger partial charge in [-0.05, 0) is 39.5 Å². The van der Waals surface area contributed by atoms with Crippen molar-refractivity contribution in [3.05, 3.63) is 17.5 Å². The van der Waals surface area contributed by atoms with Crippen LogP contribution in [0, 0.1) is 6.92 Å². The maximum atomic E-state index is 11.5. The molecular weight excluding hydrogens is 320 g/mol. The van der Waals surface area contributed by atoms with Crippen LogP contribution in [0.2, 0.25) is 0 Å². The number of ketones is 1. The van der Waals surface area contributed by atoms with Crippen LogP contribution < -0.4 is 10.2 Å². The third-order valence-electron chi connectivity index (χ3n) is 5.22. The van der Waals surface area contributed by atoms with E-state index in [9.17, 15) is 9.59 Å². The normalized spacial score (nSPS) is 22.2. The predicted octanol–water partition coefficient (Wildman–Crippen LogP) is 1.64. The lowest BCUT2D eigenvalue weighted by Crippen LogP contribution is -2.45. The van der Waals surface area contributed by atoms with Crippen molar-refractivity contribution < 1.29 is 14.3 Å². The van der Waals surface area contributed by atoms with Gasteiger partial charge in [-0.15, -0.1) is 0 Å². The van der Waals surface area contributed by atoms with Gasteiger partial charge in [0.2, 0.25) is 11.9 Å². The fraction of sp³-hybridized carbons (Fsp3) is 0.667. The first-order valence-electron chi connectivity index (χ1n) is 8.90. The fourth-order valence-corrected chi connectivity index (χ4v) is 3.73. The van der Waals surface area contributed by atoms with Crippen LogP contribution in [0.3, 0.4) is 0 Å². The number of carbonyl (C=O) groups excluding carboxylic acids is 2. The summed E-state index contributed by atoms with van der Waals surface area (Å²) in [5.74, 6) is 0.664. The molecule has 0 aliphatic carbocycles. The Morgan fingerprint density at radius 2 is 2.04 bits per heavy atom. The molecule has 3 heterocycles.